The molecule has 7 heteroatoms. The Kier molecular flexibility index (Phi) is 4.75. The molecule has 0 spiro atoms. The molecule has 1 saturated carbocycles. The maximum absolute atomic E-state index is 12.9. The molecule has 3 aromatic rings. The Balaban J connectivity index is 1.41. The van der Waals surface area contributed by atoms with Crippen molar-refractivity contribution in [3.05, 3.63) is 48.2 Å². The second-order valence-electron chi connectivity index (χ2n) is 6.96. The van der Waals surface area contributed by atoms with E-state index in [-0.39, 0.29) is 12.1 Å². The van der Waals surface area contributed by atoms with Crippen LogP contribution in [-0.2, 0) is 0 Å². The minimum absolute atomic E-state index is 0.128. The molecule has 0 aliphatic heterocycles. The van der Waals surface area contributed by atoms with E-state index in [0.717, 1.165) is 48.0 Å². The molecule has 0 atom stereocenters. The molecule has 0 unspecified atom stereocenters. The summed E-state index contributed by atoms with van der Waals surface area (Å²) in [5.41, 5.74) is 8.65. The van der Waals surface area contributed by atoms with Gasteiger partial charge in [-0.2, -0.15) is 0 Å². The number of ether oxygens (including phenoxy) is 1. The van der Waals surface area contributed by atoms with Crippen molar-refractivity contribution in [1.82, 2.24) is 15.0 Å². The van der Waals surface area contributed by atoms with Crippen molar-refractivity contribution in [2.75, 3.05) is 11.1 Å². The van der Waals surface area contributed by atoms with Crippen molar-refractivity contribution in [2.24, 2.45) is 0 Å². The maximum atomic E-state index is 12.9. The number of hydrogen-bond donors (Lipinski definition) is 2. The number of halogens is 1. The van der Waals surface area contributed by atoms with E-state index in [1.54, 1.807) is 0 Å². The van der Waals surface area contributed by atoms with E-state index in [0.29, 0.717) is 11.6 Å². The minimum Gasteiger partial charge on any atom is -0.490 e. The lowest BCUT2D eigenvalue weighted by atomic mass is 9.93. The van der Waals surface area contributed by atoms with Gasteiger partial charge in [0.15, 0.2) is 5.82 Å². The number of anilines is 2. The number of pyridine rings is 1. The largest absolute Gasteiger partial charge is 0.490 e. The van der Waals surface area contributed by atoms with Gasteiger partial charge in [0.05, 0.1) is 29.4 Å². The van der Waals surface area contributed by atoms with Crippen LogP contribution < -0.4 is 15.8 Å². The van der Waals surface area contributed by atoms with Gasteiger partial charge in [-0.3, -0.25) is 4.98 Å². The molecule has 3 N–H and O–H groups in total. The monoisotopic (exact) mass is 367 g/mol. The Bertz CT molecular complexity index is 939. The average Bonchev–Trinajstić information content (AvgIpc) is 2.65. The van der Waals surface area contributed by atoms with Crippen LogP contribution in [-0.4, -0.2) is 27.1 Å². The normalized spacial score (nSPS) is 19.8. The number of rotatable bonds is 4. The molecule has 2 aromatic heterocycles. The summed E-state index contributed by atoms with van der Waals surface area (Å²) >= 11 is 0. The van der Waals surface area contributed by atoms with E-state index < -0.39 is 5.82 Å². The Labute approximate surface area is 157 Å². The van der Waals surface area contributed by atoms with Crippen LogP contribution in [0.3, 0.4) is 0 Å². The first-order valence-electron chi connectivity index (χ1n) is 9.15. The topological polar surface area (TPSA) is 86.0 Å². The quantitative estimate of drug-likeness (QED) is 0.728. The van der Waals surface area contributed by atoms with Crippen molar-refractivity contribution in [3.8, 4) is 5.75 Å². The van der Waals surface area contributed by atoms with Crippen molar-refractivity contribution < 1.29 is 9.13 Å². The van der Waals surface area contributed by atoms with Gasteiger partial charge in [-0.1, -0.05) is 6.07 Å². The summed E-state index contributed by atoms with van der Waals surface area (Å²) in [5.74, 6) is 0.816. The molecule has 1 aliphatic carbocycles. The first-order chi connectivity index (χ1) is 13.1. The lowest BCUT2D eigenvalue weighted by Crippen LogP contribution is -2.31. The summed E-state index contributed by atoms with van der Waals surface area (Å²) in [6.45, 7) is 1.93. The zero-order valence-corrected chi connectivity index (χ0v) is 15.2. The van der Waals surface area contributed by atoms with E-state index in [1.807, 2.05) is 31.2 Å². The Morgan fingerprint density at radius 2 is 1.89 bits per heavy atom. The van der Waals surface area contributed by atoms with Gasteiger partial charge in [-0.15, -0.1) is 0 Å². The Morgan fingerprint density at radius 1 is 1.15 bits per heavy atom. The van der Waals surface area contributed by atoms with E-state index in [9.17, 15) is 4.39 Å². The molecular weight excluding hydrogens is 345 g/mol. The molecule has 27 heavy (non-hydrogen) atoms. The van der Waals surface area contributed by atoms with Crippen molar-refractivity contribution in [3.63, 3.8) is 0 Å². The molecule has 0 radical (unpaired) electrons. The van der Waals surface area contributed by atoms with E-state index in [2.05, 4.69) is 20.3 Å². The third-order valence-electron chi connectivity index (χ3n) is 4.88. The second kappa shape index (κ2) is 7.34. The number of aryl methyl sites for hydroxylation is 1. The van der Waals surface area contributed by atoms with Gasteiger partial charge in [0.25, 0.3) is 0 Å². The lowest BCUT2D eigenvalue weighted by molar-refractivity contribution is 0.152. The molecule has 4 rings (SSSR count). The fourth-order valence-corrected chi connectivity index (χ4v) is 3.59. The molecule has 0 amide bonds. The van der Waals surface area contributed by atoms with Crippen molar-refractivity contribution in [2.45, 2.75) is 44.8 Å². The van der Waals surface area contributed by atoms with Gasteiger partial charge >= 0.3 is 0 Å². The lowest BCUT2D eigenvalue weighted by Gasteiger charge is -2.30. The minimum atomic E-state index is -0.434. The highest BCUT2D eigenvalue weighted by Gasteiger charge is 2.23. The summed E-state index contributed by atoms with van der Waals surface area (Å²) in [4.78, 5) is 12.5. The van der Waals surface area contributed by atoms with Crippen LogP contribution in [0.1, 0.15) is 31.4 Å². The maximum Gasteiger partial charge on any atom is 0.222 e. The third kappa shape index (κ3) is 3.92. The molecular formula is C20H22FN5O. The summed E-state index contributed by atoms with van der Waals surface area (Å²) in [7, 11) is 0. The van der Waals surface area contributed by atoms with Gasteiger partial charge in [-0.25, -0.2) is 14.4 Å². The van der Waals surface area contributed by atoms with E-state index in [4.69, 9.17) is 10.5 Å². The number of nitrogens with one attached hydrogen (secondary N) is 1. The summed E-state index contributed by atoms with van der Waals surface area (Å²) < 4.78 is 19.2. The predicted molar refractivity (Wildman–Crippen MR) is 103 cm³/mol. The number of nitrogens with two attached hydrogens (primary N) is 1. The predicted octanol–water partition coefficient (Wildman–Crippen LogP) is 3.86. The molecule has 140 valence electrons. The Morgan fingerprint density at radius 3 is 2.63 bits per heavy atom. The highest BCUT2D eigenvalue weighted by atomic mass is 19.1. The highest BCUT2D eigenvalue weighted by Crippen LogP contribution is 2.33. The third-order valence-corrected chi connectivity index (χ3v) is 4.88. The molecule has 0 bridgehead atoms. The summed E-state index contributed by atoms with van der Waals surface area (Å²) in [6, 6.07) is 7.99. The van der Waals surface area contributed by atoms with Gasteiger partial charge < -0.3 is 15.8 Å². The number of hydrogen-bond acceptors (Lipinski definition) is 6. The smallest absolute Gasteiger partial charge is 0.222 e. The van der Waals surface area contributed by atoms with Gasteiger partial charge in [0.1, 0.15) is 5.75 Å². The highest BCUT2D eigenvalue weighted by molar-refractivity contribution is 5.95. The van der Waals surface area contributed by atoms with Crippen LogP contribution in [0, 0.1) is 12.7 Å². The van der Waals surface area contributed by atoms with E-state index in [1.165, 1.54) is 12.4 Å². The van der Waals surface area contributed by atoms with E-state index >= 15 is 0 Å². The zero-order valence-electron chi connectivity index (χ0n) is 15.2. The number of nitrogen functional groups attached to an aromatic ring is 1. The Hall–Kier alpha value is -2.96. The molecule has 1 aromatic carbocycles. The summed E-state index contributed by atoms with van der Waals surface area (Å²) in [6.07, 6.45) is 6.16. The first-order valence-corrected chi connectivity index (χ1v) is 9.15. The van der Waals surface area contributed by atoms with Crippen molar-refractivity contribution >= 4 is 22.5 Å². The number of nitrogens with zero attached hydrogens (tertiary/aromatic N) is 3. The average molecular weight is 367 g/mol. The first kappa shape index (κ1) is 17.5. The van der Waals surface area contributed by atoms with Crippen LogP contribution in [0.5, 0.6) is 5.75 Å². The van der Waals surface area contributed by atoms with Crippen LogP contribution in [0.4, 0.5) is 16.0 Å². The molecule has 0 saturated heterocycles. The van der Waals surface area contributed by atoms with Crippen LogP contribution in [0.2, 0.25) is 0 Å². The number of fused-ring (bicyclic) bond motifs is 1. The summed E-state index contributed by atoms with van der Waals surface area (Å²) in [5, 5.41) is 4.14. The zero-order chi connectivity index (χ0) is 18.8. The van der Waals surface area contributed by atoms with Crippen LogP contribution in [0.15, 0.2) is 36.7 Å². The van der Waals surface area contributed by atoms with Gasteiger partial charge in [0, 0.05) is 17.4 Å². The number of benzene rings is 1. The molecule has 6 nitrogen and oxygen atoms in total. The number of aromatic nitrogens is 3. The standard InChI is InChI=1S/C20H22FN5O/c1-12-9-16(22)19-17(25-12)3-2-4-18(19)27-15-7-5-14(6-8-15)26-20-23-10-13(21)11-24-20/h2-4,9-11,14-15H,5-8H2,1H3,(H2,22,25)(H,23,24,26)/t14-,15-. The fourth-order valence-electron chi connectivity index (χ4n) is 3.59. The van der Waals surface area contributed by atoms with Crippen molar-refractivity contribution in [1.29, 1.82) is 0 Å². The fraction of sp³-hybridized carbons (Fsp3) is 0.350. The molecule has 1 fully saturated rings. The van der Waals surface area contributed by atoms with Crippen LogP contribution >= 0.6 is 0 Å². The van der Waals surface area contributed by atoms with Gasteiger partial charge in [-0.05, 0) is 50.8 Å². The van der Waals surface area contributed by atoms with Crippen LogP contribution in [0.25, 0.3) is 10.9 Å². The molecule has 1 aliphatic rings. The second-order valence-corrected chi connectivity index (χ2v) is 6.96. The molecule has 2 heterocycles. The SMILES string of the molecule is Cc1cc(N)c2c(O[C@H]3CC[C@H](Nc4ncc(F)cn4)CC3)cccc2n1. The van der Waals surface area contributed by atoms with Gasteiger partial charge in [0.2, 0.25) is 5.95 Å².